The average molecular weight is 328 g/mol. The molecule has 1 aliphatic carbocycles. The standard InChI is InChI=1S/C18H20N2O4/c1-17(2,3)19(16(22)23)12-5-6-13-11(9-12)10-14-15(21)24-18(20(13)14)7-4-8-18/h5-6,9-10H,4,7-8H2,1-3H3,(H,22,23). The molecule has 4 rings (SSSR count). The van der Waals surface area contributed by atoms with Crippen molar-refractivity contribution in [2.24, 2.45) is 0 Å². The van der Waals surface area contributed by atoms with Gasteiger partial charge in [-0.1, -0.05) is 0 Å². The maximum Gasteiger partial charge on any atom is 0.412 e. The van der Waals surface area contributed by atoms with Crippen molar-refractivity contribution in [3.8, 4) is 0 Å². The van der Waals surface area contributed by atoms with Crippen LogP contribution in [0.25, 0.3) is 10.9 Å². The molecule has 1 amide bonds. The predicted molar refractivity (Wildman–Crippen MR) is 89.4 cm³/mol. The van der Waals surface area contributed by atoms with Gasteiger partial charge in [-0.05, 0) is 51.5 Å². The van der Waals surface area contributed by atoms with E-state index < -0.39 is 17.4 Å². The molecular weight excluding hydrogens is 308 g/mol. The number of carbonyl (C=O) groups excluding carboxylic acids is 1. The van der Waals surface area contributed by atoms with Crippen LogP contribution in [0.3, 0.4) is 0 Å². The second-order valence-corrected chi connectivity index (χ2v) is 7.59. The van der Waals surface area contributed by atoms with Crippen molar-refractivity contribution in [1.29, 1.82) is 0 Å². The molecule has 1 aliphatic heterocycles. The molecule has 1 saturated carbocycles. The molecule has 0 unspecified atom stereocenters. The van der Waals surface area contributed by atoms with Gasteiger partial charge in [0, 0.05) is 29.5 Å². The SMILES string of the molecule is CC(C)(C)N(C(=O)O)c1ccc2c(c1)cc1n2C2(CCC2)OC1=O. The Morgan fingerprint density at radius 3 is 2.54 bits per heavy atom. The highest BCUT2D eigenvalue weighted by Crippen LogP contribution is 2.48. The summed E-state index contributed by atoms with van der Waals surface area (Å²) in [5.41, 5.74) is 0.989. The topological polar surface area (TPSA) is 71.8 Å². The lowest BCUT2D eigenvalue weighted by Crippen LogP contribution is -2.45. The van der Waals surface area contributed by atoms with E-state index in [-0.39, 0.29) is 5.97 Å². The van der Waals surface area contributed by atoms with E-state index in [0.717, 1.165) is 30.2 Å². The molecule has 0 saturated heterocycles. The van der Waals surface area contributed by atoms with E-state index in [1.165, 1.54) is 4.90 Å². The van der Waals surface area contributed by atoms with Crippen molar-refractivity contribution in [2.45, 2.75) is 51.3 Å². The van der Waals surface area contributed by atoms with Crippen molar-refractivity contribution in [1.82, 2.24) is 4.57 Å². The number of hydrogen-bond acceptors (Lipinski definition) is 3. The predicted octanol–water partition coefficient (Wildman–Crippen LogP) is 3.93. The molecule has 1 aromatic heterocycles. The van der Waals surface area contributed by atoms with Crippen LogP contribution in [0, 0.1) is 0 Å². The molecule has 126 valence electrons. The van der Waals surface area contributed by atoms with Crippen LogP contribution in [-0.4, -0.2) is 27.3 Å². The molecule has 0 radical (unpaired) electrons. The quantitative estimate of drug-likeness (QED) is 0.805. The lowest BCUT2D eigenvalue weighted by Gasteiger charge is -2.38. The van der Waals surface area contributed by atoms with E-state index in [9.17, 15) is 14.7 Å². The summed E-state index contributed by atoms with van der Waals surface area (Å²) in [6.45, 7) is 5.56. The molecule has 2 aromatic rings. The average Bonchev–Trinajstić information content (AvgIpc) is 2.92. The highest BCUT2D eigenvalue weighted by molar-refractivity contribution is 6.00. The number of anilines is 1. The minimum absolute atomic E-state index is 0.293. The number of amides is 1. The number of ether oxygens (including phenoxy) is 1. The van der Waals surface area contributed by atoms with Crippen LogP contribution in [0.15, 0.2) is 24.3 Å². The maximum absolute atomic E-state index is 12.2. The van der Waals surface area contributed by atoms with Gasteiger partial charge < -0.3 is 9.84 Å². The first kappa shape index (κ1) is 15.1. The zero-order valence-electron chi connectivity index (χ0n) is 14.0. The van der Waals surface area contributed by atoms with Crippen molar-refractivity contribution in [3.05, 3.63) is 30.0 Å². The van der Waals surface area contributed by atoms with Gasteiger partial charge in [-0.15, -0.1) is 0 Å². The fraction of sp³-hybridized carbons (Fsp3) is 0.444. The zero-order chi connectivity index (χ0) is 17.3. The van der Waals surface area contributed by atoms with Crippen LogP contribution >= 0.6 is 0 Å². The van der Waals surface area contributed by atoms with Crippen LogP contribution in [0.2, 0.25) is 0 Å². The number of carbonyl (C=O) groups is 2. The van der Waals surface area contributed by atoms with Crippen molar-refractivity contribution in [2.75, 3.05) is 4.90 Å². The highest BCUT2D eigenvalue weighted by Gasteiger charge is 2.50. The third-order valence-electron chi connectivity index (χ3n) is 4.94. The van der Waals surface area contributed by atoms with E-state index in [1.54, 1.807) is 12.1 Å². The largest absolute Gasteiger partial charge is 0.465 e. The minimum Gasteiger partial charge on any atom is -0.465 e. The van der Waals surface area contributed by atoms with Crippen molar-refractivity contribution in [3.63, 3.8) is 0 Å². The molecule has 1 N–H and O–H groups in total. The fourth-order valence-corrected chi connectivity index (χ4v) is 3.79. The van der Waals surface area contributed by atoms with Crippen LogP contribution in [0.1, 0.15) is 50.5 Å². The Kier molecular flexibility index (Phi) is 2.84. The molecule has 0 atom stereocenters. The molecule has 1 aromatic carbocycles. The van der Waals surface area contributed by atoms with Crippen LogP contribution in [-0.2, 0) is 10.5 Å². The number of carboxylic acid groups (broad SMARTS) is 1. The molecule has 6 nitrogen and oxygen atoms in total. The summed E-state index contributed by atoms with van der Waals surface area (Å²) >= 11 is 0. The lowest BCUT2D eigenvalue weighted by molar-refractivity contribution is -0.0958. The number of hydrogen-bond donors (Lipinski definition) is 1. The second kappa shape index (κ2) is 4.53. The van der Waals surface area contributed by atoms with Gasteiger partial charge in [-0.3, -0.25) is 9.47 Å². The van der Waals surface area contributed by atoms with Gasteiger partial charge >= 0.3 is 12.1 Å². The van der Waals surface area contributed by atoms with Crippen LogP contribution in [0.5, 0.6) is 0 Å². The first-order valence-electron chi connectivity index (χ1n) is 8.15. The lowest BCUT2D eigenvalue weighted by atomic mass is 9.88. The van der Waals surface area contributed by atoms with Gasteiger partial charge in [0.15, 0.2) is 5.72 Å². The van der Waals surface area contributed by atoms with Gasteiger partial charge in [0.1, 0.15) is 5.69 Å². The number of aromatic nitrogens is 1. The minimum atomic E-state index is -0.997. The Hall–Kier alpha value is -2.50. The summed E-state index contributed by atoms with van der Waals surface area (Å²) in [4.78, 5) is 25.2. The third kappa shape index (κ3) is 1.89. The monoisotopic (exact) mass is 328 g/mol. The van der Waals surface area contributed by atoms with Crippen LogP contribution < -0.4 is 4.90 Å². The zero-order valence-corrected chi connectivity index (χ0v) is 14.0. The molecule has 1 spiro atoms. The Balaban J connectivity index is 1.87. The van der Waals surface area contributed by atoms with Crippen LogP contribution in [0.4, 0.5) is 10.5 Å². The van der Waals surface area contributed by atoms with Gasteiger partial charge in [-0.2, -0.15) is 0 Å². The van der Waals surface area contributed by atoms with Gasteiger partial charge in [0.25, 0.3) is 0 Å². The van der Waals surface area contributed by atoms with Crippen molar-refractivity contribution < 1.29 is 19.4 Å². The first-order chi connectivity index (χ1) is 11.2. The Morgan fingerprint density at radius 2 is 2.00 bits per heavy atom. The molecule has 2 heterocycles. The van der Waals surface area contributed by atoms with Gasteiger partial charge in [0.05, 0.1) is 5.52 Å². The Morgan fingerprint density at radius 1 is 1.29 bits per heavy atom. The Labute approximate surface area is 139 Å². The summed E-state index contributed by atoms with van der Waals surface area (Å²) < 4.78 is 7.58. The molecule has 2 aliphatic rings. The van der Waals surface area contributed by atoms with E-state index >= 15 is 0 Å². The number of fused-ring (bicyclic) bond motifs is 4. The highest BCUT2D eigenvalue weighted by atomic mass is 16.6. The molecule has 24 heavy (non-hydrogen) atoms. The smallest absolute Gasteiger partial charge is 0.412 e. The summed E-state index contributed by atoms with van der Waals surface area (Å²) in [5.74, 6) is -0.293. The molecule has 0 bridgehead atoms. The molecule has 6 heteroatoms. The van der Waals surface area contributed by atoms with E-state index in [0.29, 0.717) is 11.4 Å². The number of benzene rings is 1. The maximum atomic E-state index is 12.2. The van der Waals surface area contributed by atoms with E-state index in [1.807, 2.05) is 37.5 Å². The molecule has 1 fully saturated rings. The van der Waals surface area contributed by atoms with E-state index in [2.05, 4.69) is 0 Å². The van der Waals surface area contributed by atoms with Gasteiger partial charge in [-0.25, -0.2) is 9.59 Å². The third-order valence-corrected chi connectivity index (χ3v) is 4.94. The fourth-order valence-electron chi connectivity index (χ4n) is 3.79. The number of nitrogens with zero attached hydrogens (tertiary/aromatic N) is 2. The number of esters is 1. The summed E-state index contributed by atoms with van der Waals surface area (Å²) in [6, 6.07) is 7.32. The normalized spacial score (nSPS) is 18.4. The number of rotatable bonds is 1. The summed E-state index contributed by atoms with van der Waals surface area (Å²) in [7, 11) is 0. The Bertz CT molecular complexity index is 871. The summed E-state index contributed by atoms with van der Waals surface area (Å²) in [6.07, 6.45) is 1.71. The van der Waals surface area contributed by atoms with E-state index in [4.69, 9.17) is 4.74 Å². The summed E-state index contributed by atoms with van der Waals surface area (Å²) in [5, 5.41) is 10.4. The van der Waals surface area contributed by atoms with Gasteiger partial charge in [0.2, 0.25) is 0 Å². The second-order valence-electron chi connectivity index (χ2n) is 7.59. The molecular formula is C18H20N2O4. The van der Waals surface area contributed by atoms with Crippen molar-refractivity contribution >= 4 is 28.7 Å². The first-order valence-corrected chi connectivity index (χ1v) is 8.15.